The molecule has 1 aromatic rings. The van der Waals surface area contributed by atoms with Gasteiger partial charge in [-0.2, -0.15) is 18.3 Å². The second-order valence-corrected chi connectivity index (χ2v) is 5.82. The zero-order valence-electron chi connectivity index (χ0n) is 13.0. The van der Waals surface area contributed by atoms with Gasteiger partial charge in [0, 0.05) is 32.9 Å². The van der Waals surface area contributed by atoms with E-state index in [1.54, 1.807) is 5.10 Å². The van der Waals surface area contributed by atoms with E-state index in [2.05, 4.69) is 5.10 Å². The predicted molar refractivity (Wildman–Crippen MR) is 75.3 cm³/mol. The molecule has 2 heterocycles. The Bertz CT molecular complexity index is 617. The molecule has 1 aromatic heterocycles. The summed E-state index contributed by atoms with van der Waals surface area (Å²) < 4.78 is 42.7. The number of hydrogen-bond donors (Lipinski definition) is 2. The Morgan fingerprint density at radius 2 is 2.21 bits per heavy atom. The third-order valence-electron chi connectivity index (χ3n) is 4.20. The molecule has 2 rings (SSSR count). The molecule has 1 aliphatic rings. The Kier molecular flexibility index (Phi) is 5.16. The number of carboxylic acids is 1. The van der Waals surface area contributed by atoms with Gasteiger partial charge in [-0.05, 0) is 19.3 Å². The van der Waals surface area contributed by atoms with Crippen molar-refractivity contribution in [3.8, 4) is 0 Å². The molecule has 7 nitrogen and oxygen atoms in total. The van der Waals surface area contributed by atoms with Gasteiger partial charge in [0.25, 0.3) is 5.91 Å². The van der Waals surface area contributed by atoms with Crippen molar-refractivity contribution in [1.82, 2.24) is 15.1 Å². The highest BCUT2D eigenvalue weighted by Crippen LogP contribution is 2.35. The molecule has 1 atom stereocenters. The van der Waals surface area contributed by atoms with E-state index in [1.807, 2.05) is 0 Å². The smallest absolute Gasteiger partial charge is 0.432 e. The molecule has 1 saturated heterocycles. The molecule has 0 unspecified atom stereocenters. The Labute approximate surface area is 135 Å². The number of carbonyl (C=O) groups is 2. The van der Waals surface area contributed by atoms with Crippen LogP contribution in [0.4, 0.5) is 13.2 Å². The first kappa shape index (κ1) is 18.2. The van der Waals surface area contributed by atoms with Gasteiger partial charge in [0.2, 0.25) is 0 Å². The van der Waals surface area contributed by atoms with E-state index in [-0.39, 0.29) is 31.8 Å². The Morgan fingerprint density at radius 1 is 1.50 bits per heavy atom. The predicted octanol–water partition coefficient (Wildman–Crippen LogP) is 1.77. The number of methoxy groups -OCH3 is 1. The highest BCUT2D eigenvalue weighted by atomic mass is 19.4. The van der Waals surface area contributed by atoms with Gasteiger partial charge in [0.15, 0.2) is 5.69 Å². The average molecular weight is 349 g/mol. The quantitative estimate of drug-likeness (QED) is 0.845. The molecule has 0 bridgehead atoms. The van der Waals surface area contributed by atoms with Crippen LogP contribution in [0.2, 0.25) is 0 Å². The molecular weight excluding hydrogens is 331 g/mol. The van der Waals surface area contributed by atoms with Crippen molar-refractivity contribution in [2.45, 2.75) is 25.4 Å². The van der Waals surface area contributed by atoms with Gasteiger partial charge < -0.3 is 14.7 Å². The minimum Gasteiger partial charge on any atom is -0.481 e. The number of nitrogens with one attached hydrogen (secondary N) is 1. The van der Waals surface area contributed by atoms with E-state index in [0.717, 1.165) is 0 Å². The minimum absolute atomic E-state index is 0.0846. The Balaban J connectivity index is 2.17. The van der Waals surface area contributed by atoms with Gasteiger partial charge in [-0.3, -0.25) is 14.7 Å². The number of carbonyl (C=O) groups excluding carboxylic acids is 1. The number of alkyl halides is 3. The molecule has 0 radical (unpaired) electrons. The number of H-pyrrole nitrogens is 1. The van der Waals surface area contributed by atoms with Crippen molar-refractivity contribution in [3.05, 3.63) is 17.5 Å². The van der Waals surface area contributed by atoms with Crippen molar-refractivity contribution in [2.75, 3.05) is 26.8 Å². The van der Waals surface area contributed by atoms with Crippen LogP contribution < -0.4 is 0 Å². The lowest BCUT2D eigenvalue weighted by Gasteiger charge is -2.39. The van der Waals surface area contributed by atoms with Gasteiger partial charge in [-0.1, -0.05) is 0 Å². The third-order valence-corrected chi connectivity index (χ3v) is 4.20. The molecule has 134 valence electrons. The SMILES string of the molecule is COCC[C@@]1(C(=O)O)CCCN(C(=O)c2cc(C(F)(F)F)[nH]n2)C1. The number of nitrogens with zero attached hydrogens (tertiary/aromatic N) is 2. The summed E-state index contributed by atoms with van der Waals surface area (Å²) >= 11 is 0. The van der Waals surface area contributed by atoms with E-state index in [9.17, 15) is 27.9 Å². The monoisotopic (exact) mass is 349 g/mol. The number of aromatic nitrogens is 2. The van der Waals surface area contributed by atoms with Crippen LogP contribution in [0.1, 0.15) is 35.4 Å². The molecule has 0 aromatic carbocycles. The second kappa shape index (κ2) is 6.80. The fraction of sp³-hybridized carbons (Fsp3) is 0.643. The largest absolute Gasteiger partial charge is 0.481 e. The first-order chi connectivity index (χ1) is 11.2. The average Bonchev–Trinajstić information content (AvgIpc) is 3.02. The van der Waals surface area contributed by atoms with E-state index in [4.69, 9.17) is 4.74 Å². The molecule has 10 heteroatoms. The summed E-state index contributed by atoms with van der Waals surface area (Å²) in [5.41, 5.74) is -2.66. The van der Waals surface area contributed by atoms with Crippen LogP contribution in [-0.2, 0) is 15.7 Å². The standard InChI is InChI=1S/C14H18F3N3O4/c1-24-6-4-13(12(22)23)3-2-5-20(8-13)11(21)9-7-10(19-18-9)14(15,16)17/h7H,2-6,8H2,1H3,(H,18,19)(H,22,23)/t13-/m0/s1. The van der Waals surface area contributed by atoms with Gasteiger partial charge in [-0.25, -0.2) is 0 Å². The number of amides is 1. The van der Waals surface area contributed by atoms with Crippen LogP contribution >= 0.6 is 0 Å². The summed E-state index contributed by atoms with van der Waals surface area (Å²) in [6, 6.07) is 0.633. The maximum atomic E-state index is 12.6. The van der Waals surface area contributed by atoms with Gasteiger partial charge in [-0.15, -0.1) is 0 Å². The van der Waals surface area contributed by atoms with Crippen LogP contribution in [0.25, 0.3) is 0 Å². The van der Waals surface area contributed by atoms with Crippen molar-refractivity contribution < 1.29 is 32.6 Å². The number of aromatic amines is 1. The van der Waals surface area contributed by atoms with E-state index < -0.39 is 29.2 Å². The molecule has 24 heavy (non-hydrogen) atoms. The van der Waals surface area contributed by atoms with Crippen LogP contribution in [0.15, 0.2) is 6.07 Å². The van der Waals surface area contributed by atoms with Crippen LogP contribution in [0, 0.1) is 5.41 Å². The molecule has 0 aliphatic carbocycles. The zero-order chi connectivity index (χ0) is 18.0. The van der Waals surface area contributed by atoms with Crippen LogP contribution in [0.5, 0.6) is 0 Å². The summed E-state index contributed by atoms with van der Waals surface area (Å²) in [5, 5.41) is 14.7. The van der Waals surface area contributed by atoms with E-state index in [1.165, 1.54) is 12.0 Å². The number of rotatable bonds is 5. The number of likely N-dealkylation sites (tertiary alicyclic amines) is 1. The second-order valence-electron chi connectivity index (χ2n) is 5.82. The maximum Gasteiger partial charge on any atom is 0.432 e. The molecule has 1 fully saturated rings. The van der Waals surface area contributed by atoms with Crippen molar-refractivity contribution in [1.29, 1.82) is 0 Å². The Hall–Kier alpha value is -2.10. The molecule has 1 amide bonds. The summed E-state index contributed by atoms with van der Waals surface area (Å²) in [6.45, 7) is 0.406. The van der Waals surface area contributed by atoms with Crippen molar-refractivity contribution in [3.63, 3.8) is 0 Å². The van der Waals surface area contributed by atoms with Crippen LogP contribution in [0.3, 0.4) is 0 Å². The summed E-state index contributed by atoms with van der Waals surface area (Å²) in [7, 11) is 1.45. The Morgan fingerprint density at radius 3 is 2.75 bits per heavy atom. The lowest BCUT2D eigenvalue weighted by atomic mass is 9.77. The van der Waals surface area contributed by atoms with E-state index in [0.29, 0.717) is 18.9 Å². The molecule has 0 spiro atoms. The third kappa shape index (κ3) is 3.69. The summed E-state index contributed by atoms with van der Waals surface area (Å²) in [6.07, 6.45) is -3.59. The summed E-state index contributed by atoms with van der Waals surface area (Å²) in [4.78, 5) is 25.3. The maximum absolute atomic E-state index is 12.6. The van der Waals surface area contributed by atoms with Gasteiger partial charge in [0.05, 0.1) is 5.41 Å². The molecular formula is C14H18F3N3O4. The highest BCUT2D eigenvalue weighted by Gasteiger charge is 2.44. The van der Waals surface area contributed by atoms with Gasteiger partial charge >= 0.3 is 12.1 Å². The normalized spacial score (nSPS) is 21.8. The number of halogens is 3. The number of aliphatic carboxylic acids is 1. The topological polar surface area (TPSA) is 95.5 Å². The summed E-state index contributed by atoms with van der Waals surface area (Å²) in [5.74, 6) is -1.76. The first-order valence-electron chi connectivity index (χ1n) is 7.34. The molecule has 0 saturated carbocycles. The lowest BCUT2D eigenvalue weighted by Crippen LogP contribution is -2.50. The number of ether oxygens (including phenoxy) is 1. The van der Waals surface area contributed by atoms with Crippen LogP contribution in [-0.4, -0.2) is 58.9 Å². The highest BCUT2D eigenvalue weighted by molar-refractivity contribution is 5.93. The number of piperidine rings is 1. The van der Waals surface area contributed by atoms with Crippen molar-refractivity contribution in [2.24, 2.45) is 5.41 Å². The minimum atomic E-state index is -4.63. The zero-order valence-corrected chi connectivity index (χ0v) is 13.0. The first-order valence-corrected chi connectivity index (χ1v) is 7.34. The van der Waals surface area contributed by atoms with E-state index >= 15 is 0 Å². The molecule has 2 N–H and O–H groups in total. The fourth-order valence-electron chi connectivity index (χ4n) is 2.83. The van der Waals surface area contributed by atoms with Gasteiger partial charge in [0.1, 0.15) is 5.69 Å². The lowest BCUT2D eigenvalue weighted by molar-refractivity contribution is -0.153. The number of hydrogen-bond acceptors (Lipinski definition) is 4. The fourth-order valence-corrected chi connectivity index (χ4v) is 2.83. The van der Waals surface area contributed by atoms with Crippen molar-refractivity contribution >= 4 is 11.9 Å². The molecule has 1 aliphatic heterocycles. The number of carboxylic acid groups (broad SMARTS) is 1.